The number of hydrogen-bond donors (Lipinski definition) is 2. The van der Waals surface area contributed by atoms with Gasteiger partial charge in [0.2, 0.25) is 0 Å². The molecule has 3 nitrogen and oxygen atoms in total. The number of halogens is 2. The van der Waals surface area contributed by atoms with Crippen molar-refractivity contribution in [2.24, 2.45) is 5.84 Å². The van der Waals surface area contributed by atoms with Crippen LogP contribution in [0.25, 0.3) is 0 Å². The molecule has 0 fully saturated rings. The molecule has 0 saturated heterocycles. The third-order valence-corrected chi connectivity index (χ3v) is 6.22. The molecule has 0 aromatic carbocycles. The van der Waals surface area contributed by atoms with Gasteiger partial charge in [-0.1, -0.05) is 6.07 Å². The van der Waals surface area contributed by atoms with E-state index in [9.17, 15) is 0 Å². The van der Waals surface area contributed by atoms with Gasteiger partial charge < -0.3 is 0 Å². The van der Waals surface area contributed by atoms with Crippen molar-refractivity contribution in [1.29, 1.82) is 0 Å². The number of aromatic nitrogens is 1. The first-order chi connectivity index (χ1) is 9.70. The average molecular weight is 417 g/mol. The van der Waals surface area contributed by atoms with E-state index in [0.717, 1.165) is 20.4 Å². The third-order valence-electron chi connectivity index (χ3n) is 3.84. The Labute approximate surface area is 139 Å². The van der Waals surface area contributed by atoms with Crippen molar-refractivity contribution < 1.29 is 0 Å². The van der Waals surface area contributed by atoms with Crippen molar-refractivity contribution in [1.82, 2.24) is 10.4 Å². The molecule has 2 aromatic heterocycles. The van der Waals surface area contributed by atoms with Crippen LogP contribution in [0.2, 0.25) is 0 Å². The molecule has 1 aliphatic rings. The largest absolute Gasteiger partial charge is 0.271 e. The maximum Gasteiger partial charge on any atom is 0.0759 e. The Balaban J connectivity index is 2.01. The molecule has 2 heterocycles. The topological polar surface area (TPSA) is 50.9 Å². The number of pyridine rings is 1. The van der Waals surface area contributed by atoms with Gasteiger partial charge in [-0.3, -0.25) is 16.3 Å². The summed E-state index contributed by atoms with van der Waals surface area (Å²) in [6.07, 6.45) is 5.29. The molecule has 1 aliphatic carbocycles. The Bertz CT molecular complexity index is 614. The van der Waals surface area contributed by atoms with Crippen LogP contribution < -0.4 is 11.3 Å². The van der Waals surface area contributed by atoms with E-state index in [-0.39, 0.29) is 6.04 Å². The van der Waals surface area contributed by atoms with Crippen LogP contribution in [0.15, 0.2) is 32.0 Å². The van der Waals surface area contributed by atoms with Gasteiger partial charge in [0.15, 0.2) is 0 Å². The van der Waals surface area contributed by atoms with Crippen LogP contribution in [0.4, 0.5) is 0 Å². The third kappa shape index (κ3) is 2.72. The molecule has 0 spiro atoms. The number of rotatable bonds is 3. The van der Waals surface area contributed by atoms with Crippen molar-refractivity contribution in [2.75, 3.05) is 0 Å². The Morgan fingerprint density at radius 3 is 3.00 bits per heavy atom. The van der Waals surface area contributed by atoms with Crippen LogP contribution in [0.5, 0.6) is 0 Å². The van der Waals surface area contributed by atoms with Crippen molar-refractivity contribution in [3.63, 3.8) is 0 Å². The maximum absolute atomic E-state index is 5.86. The monoisotopic (exact) mass is 415 g/mol. The second-order valence-electron chi connectivity index (χ2n) is 4.97. The van der Waals surface area contributed by atoms with E-state index in [1.54, 1.807) is 11.3 Å². The van der Waals surface area contributed by atoms with E-state index in [4.69, 9.17) is 5.84 Å². The normalized spacial score (nSPS) is 19.6. The fraction of sp³-hybridized carbons (Fsp3) is 0.357. The van der Waals surface area contributed by atoms with Gasteiger partial charge in [-0.05, 0) is 74.4 Å². The summed E-state index contributed by atoms with van der Waals surface area (Å²) in [5, 5.41) is 0. The van der Waals surface area contributed by atoms with Crippen LogP contribution in [-0.4, -0.2) is 4.98 Å². The van der Waals surface area contributed by atoms with Crippen LogP contribution >= 0.6 is 43.2 Å². The first-order valence-electron chi connectivity index (χ1n) is 6.55. The summed E-state index contributed by atoms with van der Waals surface area (Å²) < 4.78 is 2.23. The number of thiophene rings is 1. The van der Waals surface area contributed by atoms with Crippen LogP contribution in [0, 0.1) is 0 Å². The van der Waals surface area contributed by atoms with Crippen molar-refractivity contribution in [3.05, 3.63) is 48.8 Å². The molecule has 3 N–H and O–H groups in total. The van der Waals surface area contributed by atoms with Crippen LogP contribution in [0.3, 0.4) is 0 Å². The molecular formula is C14H15Br2N3S. The van der Waals surface area contributed by atoms with Gasteiger partial charge in [0.05, 0.1) is 13.6 Å². The van der Waals surface area contributed by atoms with Gasteiger partial charge in [-0.25, -0.2) is 0 Å². The highest BCUT2D eigenvalue weighted by molar-refractivity contribution is 9.12. The predicted molar refractivity (Wildman–Crippen MR) is 89.7 cm³/mol. The minimum atomic E-state index is 0.0841. The molecule has 0 bridgehead atoms. The van der Waals surface area contributed by atoms with E-state index in [1.165, 1.54) is 23.2 Å². The zero-order valence-corrected chi connectivity index (χ0v) is 14.8. The van der Waals surface area contributed by atoms with Gasteiger partial charge >= 0.3 is 0 Å². The molecule has 0 radical (unpaired) electrons. The highest BCUT2D eigenvalue weighted by Gasteiger charge is 2.31. The zero-order valence-electron chi connectivity index (χ0n) is 10.8. The summed E-state index contributed by atoms with van der Waals surface area (Å²) in [5.41, 5.74) is 6.75. The summed E-state index contributed by atoms with van der Waals surface area (Å²) in [5.74, 6) is 6.18. The smallest absolute Gasteiger partial charge is 0.0759 e. The van der Waals surface area contributed by atoms with E-state index < -0.39 is 0 Å². The summed E-state index contributed by atoms with van der Waals surface area (Å²) in [6.45, 7) is 0. The fourth-order valence-corrected chi connectivity index (χ4v) is 5.89. The lowest BCUT2D eigenvalue weighted by Gasteiger charge is -2.31. The van der Waals surface area contributed by atoms with Crippen LogP contribution in [-0.2, 0) is 6.42 Å². The van der Waals surface area contributed by atoms with Crippen LogP contribution in [0.1, 0.15) is 41.6 Å². The molecule has 2 atom stereocenters. The predicted octanol–water partition coefficient (Wildman–Crippen LogP) is 4.29. The number of nitrogens with one attached hydrogen (secondary N) is 1. The molecule has 0 aliphatic heterocycles. The lowest BCUT2D eigenvalue weighted by Crippen LogP contribution is -2.34. The lowest BCUT2D eigenvalue weighted by molar-refractivity contribution is 0.399. The minimum Gasteiger partial charge on any atom is -0.271 e. The highest BCUT2D eigenvalue weighted by atomic mass is 79.9. The first-order valence-corrected chi connectivity index (χ1v) is 8.95. The molecule has 0 amide bonds. The van der Waals surface area contributed by atoms with E-state index in [1.807, 2.05) is 12.3 Å². The molecule has 106 valence electrons. The quantitative estimate of drug-likeness (QED) is 0.579. The number of nitrogens with zero attached hydrogens (tertiary/aromatic N) is 1. The van der Waals surface area contributed by atoms with E-state index in [2.05, 4.69) is 54.4 Å². The lowest BCUT2D eigenvalue weighted by atomic mass is 9.80. The Hall–Kier alpha value is -0.270. The van der Waals surface area contributed by atoms with Crippen molar-refractivity contribution >= 4 is 43.2 Å². The maximum atomic E-state index is 5.86. The minimum absolute atomic E-state index is 0.0841. The van der Waals surface area contributed by atoms with E-state index >= 15 is 0 Å². The molecule has 2 unspecified atom stereocenters. The van der Waals surface area contributed by atoms with Crippen molar-refractivity contribution in [2.45, 2.75) is 31.2 Å². The fourth-order valence-electron chi connectivity index (χ4n) is 2.96. The average Bonchev–Trinajstić information content (AvgIpc) is 2.79. The number of aryl methyl sites for hydroxylation is 1. The second-order valence-corrected chi connectivity index (χ2v) is 8.72. The van der Waals surface area contributed by atoms with Gasteiger partial charge in [-0.15, -0.1) is 11.3 Å². The van der Waals surface area contributed by atoms with E-state index in [0.29, 0.717) is 5.92 Å². The number of fused-ring (bicyclic) bond motifs is 1. The summed E-state index contributed by atoms with van der Waals surface area (Å²) in [7, 11) is 0. The molecule has 2 aromatic rings. The van der Waals surface area contributed by atoms with Gasteiger partial charge in [-0.2, -0.15) is 0 Å². The molecular weight excluding hydrogens is 402 g/mol. The summed E-state index contributed by atoms with van der Waals surface area (Å²) in [6, 6.07) is 6.42. The molecule has 0 saturated carbocycles. The number of hydrogen-bond acceptors (Lipinski definition) is 4. The Morgan fingerprint density at radius 1 is 1.45 bits per heavy atom. The zero-order chi connectivity index (χ0) is 14.1. The number of hydrazine groups is 1. The number of nitrogens with two attached hydrogens (primary N) is 1. The Morgan fingerprint density at radius 2 is 2.30 bits per heavy atom. The standard InChI is InChI=1S/C14H15Br2N3S/c15-11-7-10(14(16)20-11)13(19-17)9-5-1-3-8-4-2-6-18-12(8)9/h2,4,6-7,9,13,19H,1,3,5,17H2. The van der Waals surface area contributed by atoms with Gasteiger partial charge in [0.1, 0.15) is 0 Å². The summed E-state index contributed by atoms with van der Waals surface area (Å²) in [4.78, 5) is 4.61. The Kier molecular flexibility index (Phi) is 4.57. The first kappa shape index (κ1) is 14.7. The SMILES string of the molecule is NNC(c1cc(Br)sc1Br)C1CCCc2cccnc21. The second kappa shape index (κ2) is 6.23. The van der Waals surface area contributed by atoms with Gasteiger partial charge in [0, 0.05) is 17.8 Å². The highest BCUT2D eigenvalue weighted by Crippen LogP contribution is 2.44. The van der Waals surface area contributed by atoms with Gasteiger partial charge in [0.25, 0.3) is 0 Å². The molecule has 20 heavy (non-hydrogen) atoms. The van der Waals surface area contributed by atoms with Crippen molar-refractivity contribution in [3.8, 4) is 0 Å². The summed E-state index contributed by atoms with van der Waals surface area (Å²) >= 11 is 8.85. The molecule has 6 heteroatoms. The molecule has 3 rings (SSSR count).